The molecule has 0 heterocycles. The average molecular weight is 645 g/mol. The Labute approximate surface area is 267 Å². The van der Waals surface area contributed by atoms with Gasteiger partial charge in [0, 0.05) is 10.6 Å². The second kappa shape index (κ2) is 15.3. The fraction of sp³-hybridized carbons (Fsp3) is 0.545. The number of benzene rings is 2. The molecule has 2 aromatic carbocycles. The molecule has 242 valence electrons. The van der Waals surface area contributed by atoms with Gasteiger partial charge in [0.15, 0.2) is 11.2 Å². The largest absolute Gasteiger partial charge is 0.541 e. The quantitative estimate of drug-likeness (QED) is 0.0496. The number of hydrogen-bond donors (Lipinski definition) is 3. The lowest BCUT2D eigenvalue weighted by Crippen LogP contribution is -2.50. The first-order valence-corrected chi connectivity index (χ1v) is 18.0. The lowest BCUT2D eigenvalue weighted by Gasteiger charge is -2.42. The van der Waals surface area contributed by atoms with E-state index in [1.807, 2.05) is 6.92 Å². The Morgan fingerprint density at radius 2 is 1.70 bits per heavy atom. The van der Waals surface area contributed by atoms with E-state index in [4.69, 9.17) is 25.0 Å². The zero-order valence-corrected chi connectivity index (χ0v) is 29.7. The van der Waals surface area contributed by atoms with Crippen molar-refractivity contribution in [2.24, 2.45) is 5.73 Å². The predicted octanol–water partition coefficient (Wildman–Crippen LogP) is 8.31. The van der Waals surface area contributed by atoms with Gasteiger partial charge in [0.25, 0.3) is 8.32 Å². The van der Waals surface area contributed by atoms with Crippen LogP contribution in [0.2, 0.25) is 16.6 Å². The number of ether oxygens (including phenoxy) is 2. The first kappa shape index (κ1) is 37.1. The van der Waals surface area contributed by atoms with Gasteiger partial charge in [0.2, 0.25) is 5.90 Å². The first-order valence-electron chi connectivity index (χ1n) is 15.0. The average Bonchev–Trinajstić information content (AvgIpc) is 2.94. The molecule has 4 N–H and O–H groups in total. The van der Waals surface area contributed by atoms with Gasteiger partial charge in [-0.3, -0.25) is 5.41 Å². The van der Waals surface area contributed by atoms with E-state index in [2.05, 4.69) is 52.9 Å². The molecule has 11 heteroatoms. The number of nitrogens with two attached hydrogens (primary N) is 1. The Morgan fingerprint density at radius 1 is 1.11 bits per heavy atom. The van der Waals surface area contributed by atoms with E-state index in [-0.39, 0.29) is 39.4 Å². The van der Waals surface area contributed by atoms with E-state index >= 15 is 4.39 Å². The van der Waals surface area contributed by atoms with Crippen LogP contribution in [0.25, 0.3) is 0 Å². The summed E-state index contributed by atoms with van der Waals surface area (Å²) in [6.45, 7) is 20.1. The van der Waals surface area contributed by atoms with Crippen molar-refractivity contribution in [3.05, 3.63) is 52.8 Å². The summed E-state index contributed by atoms with van der Waals surface area (Å²) < 4.78 is 33.8. The minimum atomic E-state index is -2.45. The van der Waals surface area contributed by atoms with Gasteiger partial charge in [-0.1, -0.05) is 60.2 Å². The molecule has 0 aliphatic rings. The number of rotatable bonds is 13. The highest BCUT2D eigenvalue weighted by Gasteiger charge is 2.47. The lowest BCUT2D eigenvalue weighted by atomic mass is 10.0. The van der Waals surface area contributed by atoms with Crippen LogP contribution in [0.15, 0.2) is 35.2 Å². The second-order valence-electron chi connectivity index (χ2n) is 12.8. The Kier molecular flexibility index (Phi) is 12.9. The van der Waals surface area contributed by atoms with Crippen LogP contribution in [0.3, 0.4) is 0 Å². The van der Waals surface area contributed by atoms with Crippen LogP contribution in [0.4, 0.5) is 10.1 Å². The Hall–Kier alpha value is -3.07. The van der Waals surface area contributed by atoms with Crippen LogP contribution in [0.1, 0.15) is 92.0 Å². The molecular formula is C33H49FN4O4SSi. The number of carbonyl (C=O) groups excluding carboxylic acids is 1. The highest BCUT2D eigenvalue weighted by atomic mass is 32.2. The minimum absolute atomic E-state index is 0.142. The first-order chi connectivity index (χ1) is 20.4. The van der Waals surface area contributed by atoms with Crippen molar-refractivity contribution in [3.8, 4) is 11.8 Å². The molecule has 0 bridgehead atoms. The van der Waals surface area contributed by atoms with Crippen LogP contribution in [-0.4, -0.2) is 38.3 Å². The summed E-state index contributed by atoms with van der Waals surface area (Å²) in [5.74, 6) is -1.05. The number of nitriles is 1. The maximum Gasteiger partial charge on any atom is 0.328 e. The van der Waals surface area contributed by atoms with Crippen molar-refractivity contribution in [3.63, 3.8) is 0 Å². The molecule has 2 unspecified atom stereocenters. The summed E-state index contributed by atoms with van der Waals surface area (Å²) in [6, 6.07) is 9.19. The summed E-state index contributed by atoms with van der Waals surface area (Å²) in [4.78, 5) is 13.0. The Bertz CT molecular complexity index is 1350. The van der Waals surface area contributed by atoms with Gasteiger partial charge in [-0.2, -0.15) is 5.26 Å². The summed E-state index contributed by atoms with van der Waals surface area (Å²) in [5, 5.41) is 20.5. The van der Waals surface area contributed by atoms with Crippen molar-refractivity contribution in [1.82, 2.24) is 0 Å². The molecule has 0 aliphatic heterocycles. The van der Waals surface area contributed by atoms with E-state index in [0.717, 1.165) is 17.3 Å². The van der Waals surface area contributed by atoms with Crippen molar-refractivity contribution >= 4 is 37.6 Å². The Morgan fingerprint density at radius 3 is 2.18 bits per heavy atom. The van der Waals surface area contributed by atoms with Crippen molar-refractivity contribution in [1.29, 1.82) is 10.7 Å². The number of halogens is 1. The third-order valence-corrected chi connectivity index (χ3v) is 14.7. The molecule has 2 aromatic rings. The van der Waals surface area contributed by atoms with Gasteiger partial charge in [-0.05, 0) is 85.3 Å². The molecule has 44 heavy (non-hydrogen) atoms. The topological polar surface area (TPSA) is 130 Å². The predicted molar refractivity (Wildman–Crippen MR) is 179 cm³/mol. The van der Waals surface area contributed by atoms with Gasteiger partial charge >= 0.3 is 5.97 Å². The molecule has 0 spiro atoms. The fourth-order valence-corrected chi connectivity index (χ4v) is 11.9. The number of nitrogens with one attached hydrogen (secondary N) is 2. The maximum absolute atomic E-state index is 16.3. The van der Waals surface area contributed by atoms with E-state index < -0.39 is 37.1 Å². The molecule has 0 amide bonds. The lowest BCUT2D eigenvalue weighted by molar-refractivity contribution is -0.156. The van der Waals surface area contributed by atoms with Gasteiger partial charge in [0.05, 0.1) is 18.7 Å². The summed E-state index contributed by atoms with van der Waals surface area (Å²) in [6.07, 6.45) is 0.672. The van der Waals surface area contributed by atoms with Gasteiger partial charge in [0.1, 0.15) is 17.4 Å². The SMILES string of the molecule is CCc1cc(O[Si](C(C)C)(C(C)C)C(C)C)c(F)c(SC(Nc2ccc(C#N)c(C(N)C(=O)OC(C)(C)C)c2)C(=N)OC)c1. The number of methoxy groups -OCH3 is 1. The molecule has 2 atom stereocenters. The van der Waals surface area contributed by atoms with Crippen LogP contribution in [-0.2, 0) is 20.7 Å². The van der Waals surface area contributed by atoms with Crippen LogP contribution < -0.4 is 15.5 Å². The summed E-state index contributed by atoms with van der Waals surface area (Å²) in [5.41, 5.74) is 8.12. The number of carbonyl (C=O) groups is 1. The van der Waals surface area contributed by atoms with Crippen molar-refractivity contribution < 1.29 is 23.1 Å². The fourth-order valence-electron chi connectivity index (χ4n) is 5.57. The zero-order valence-electron chi connectivity index (χ0n) is 27.9. The zero-order chi connectivity index (χ0) is 33.6. The standard InChI is InChI=1S/C33H49FN4O4SSi/c1-12-22-15-26(42-44(19(2)3,20(4)5)21(6)7)28(34)27(16-22)43-31(30(37)40-11)38-24-14-13-23(18-35)25(17-24)29(36)32(39)41-33(8,9)10/h13-17,19-21,29,31,37-38H,12,36H2,1-11H3. The number of hydrogen-bond acceptors (Lipinski definition) is 9. The third-order valence-electron chi connectivity index (χ3n) is 7.64. The van der Waals surface area contributed by atoms with E-state index in [0.29, 0.717) is 17.0 Å². The molecule has 0 aliphatic carbocycles. The van der Waals surface area contributed by atoms with E-state index in [1.165, 1.54) is 13.2 Å². The highest BCUT2D eigenvalue weighted by molar-refractivity contribution is 8.00. The molecule has 8 nitrogen and oxygen atoms in total. The number of thioether (sulfide) groups is 1. The molecule has 2 rings (SSSR count). The molecule has 0 radical (unpaired) electrons. The minimum Gasteiger partial charge on any atom is -0.541 e. The smallest absolute Gasteiger partial charge is 0.328 e. The van der Waals surface area contributed by atoms with Crippen LogP contribution >= 0.6 is 11.8 Å². The molecule has 0 saturated heterocycles. The summed E-state index contributed by atoms with van der Waals surface area (Å²) in [7, 11) is -1.07. The van der Waals surface area contributed by atoms with Crippen molar-refractivity contribution in [2.45, 2.75) is 114 Å². The number of esters is 1. The summed E-state index contributed by atoms with van der Waals surface area (Å²) >= 11 is 1.09. The second-order valence-corrected chi connectivity index (χ2v) is 19.3. The number of nitrogens with zero attached hydrogens (tertiary/aromatic N) is 1. The number of aryl methyl sites for hydroxylation is 1. The molecule has 0 saturated carbocycles. The Balaban J connectivity index is 2.54. The maximum atomic E-state index is 16.3. The van der Waals surface area contributed by atoms with Gasteiger partial charge in [-0.15, -0.1) is 0 Å². The van der Waals surface area contributed by atoms with Gasteiger partial charge < -0.3 is 25.0 Å². The van der Waals surface area contributed by atoms with Crippen LogP contribution in [0.5, 0.6) is 5.75 Å². The molecule has 0 fully saturated rings. The molecular weight excluding hydrogens is 596 g/mol. The third kappa shape index (κ3) is 8.77. The highest BCUT2D eigenvalue weighted by Crippen LogP contribution is 2.45. The van der Waals surface area contributed by atoms with Gasteiger partial charge in [-0.25, -0.2) is 9.18 Å². The normalized spacial score (nSPS) is 13.4. The van der Waals surface area contributed by atoms with Crippen LogP contribution in [0, 0.1) is 22.6 Å². The number of anilines is 1. The van der Waals surface area contributed by atoms with E-state index in [9.17, 15) is 10.1 Å². The van der Waals surface area contributed by atoms with E-state index in [1.54, 1.807) is 45.0 Å². The monoisotopic (exact) mass is 644 g/mol. The van der Waals surface area contributed by atoms with Crippen molar-refractivity contribution in [2.75, 3.05) is 12.4 Å². The molecule has 0 aromatic heterocycles.